The lowest BCUT2D eigenvalue weighted by Crippen LogP contribution is -2.58. The lowest BCUT2D eigenvalue weighted by molar-refractivity contribution is 0.180. The molecule has 1 fully saturated rings. The SMILES string of the molecule is CN(C(=O)Nc1cccc(C#N)c1)C1CNC1. The monoisotopic (exact) mass is 230 g/mol. The van der Waals surface area contributed by atoms with Crippen molar-refractivity contribution in [2.24, 2.45) is 0 Å². The number of likely N-dealkylation sites (N-methyl/N-ethyl adjacent to an activating group) is 1. The van der Waals surface area contributed by atoms with Crippen molar-refractivity contribution < 1.29 is 4.79 Å². The summed E-state index contributed by atoms with van der Waals surface area (Å²) in [6.45, 7) is 1.67. The summed E-state index contributed by atoms with van der Waals surface area (Å²) >= 11 is 0. The highest BCUT2D eigenvalue weighted by Gasteiger charge is 2.25. The van der Waals surface area contributed by atoms with Gasteiger partial charge in [-0.3, -0.25) is 0 Å². The maximum Gasteiger partial charge on any atom is 0.321 e. The van der Waals surface area contributed by atoms with E-state index in [1.54, 1.807) is 36.2 Å². The summed E-state index contributed by atoms with van der Waals surface area (Å²) in [5.74, 6) is 0. The number of carbonyl (C=O) groups excluding carboxylic acids is 1. The predicted molar refractivity (Wildman–Crippen MR) is 64.6 cm³/mol. The molecule has 1 aromatic carbocycles. The lowest BCUT2D eigenvalue weighted by atomic mass is 10.1. The third-order valence-corrected chi connectivity index (χ3v) is 2.87. The molecule has 2 N–H and O–H groups in total. The second-order valence-electron chi connectivity index (χ2n) is 4.05. The third kappa shape index (κ3) is 2.55. The van der Waals surface area contributed by atoms with Gasteiger partial charge in [-0.2, -0.15) is 5.26 Å². The van der Waals surface area contributed by atoms with E-state index in [1.807, 2.05) is 6.07 Å². The molecule has 1 heterocycles. The minimum atomic E-state index is -0.147. The highest BCUT2D eigenvalue weighted by molar-refractivity contribution is 5.89. The number of carbonyl (C=O) groups is 1. The molecule has 5 heteroatoms. The molecule has 0 aromatic heterocycles. The van der Waals surface area contributed by atoms with Gasteiger partial charge >= 0.3 is 6.03 Å². The van der Waals surface area contributed by atoms with Crippen molar-refractivity contribution in [2.45, 2.75) is 6.04 Å². The first-order chi connectivity index (χ1) is 8.20. The molecule has 2 amide bonds. The quantitative estimate of drug-likeness (QED) is 0.796. The molecule has 17 heavy (non-hydrogen) atoms. The van der Waals surface area contributed by atoms with Gasteiger partial charge in [0, 0.05) is 25.8 Å². The van der Waals surface area contributed by atoms with Crippen LogP contribution in [0, 0.1) is 11.3 Å². The van der Waals surface area contributed by atoms with Crippen LogP contribution in [0.4, 0.5) is 10.5 Å². The van der Waals surface area contributed by atoms with Crippen LogP contribution in [0.3, 0.4) is 0 Å². The Morgan fingerprint density at radius 3 is 2.94 bits per heavy atom. The van der Waals surface area contributed by atoms with Crippen LogP contribution < -0.4 is 10.6 Å². The Morgan fingerprint density at radius 1 is 1.59 bits per heavy atom. The second-order valence-corrected chi connectivity index (χ2v) is 4.05. The largest absolute Gasteiger partial charge is 0.322 e. The minimum absolute atomic E-state index is 0.147. The summed E-state index contributed by atoms with van der Waals surface area (Å²) in [5, 5.41) is 14.6. The average molecular weight is 230 g/mol. The number of urea groups is 1. The molecule has 0 saturated carbocycles. The van der Waals surface area contributed by atoms with Gasteiger partial charge in [0.05, 0.1) is 17.7 Å². The number of nitrogens with one attached hydrogen (secondary N) is 2. The number of hydrogen-bond donors (Lipinski definition) is 2. The summed E-state index contributed by atoms with van der Waals surface area (Å²) in [6, 6.07) is 9.03. The topological polar surface area (TPSA) is 68.2 Å². The normalized spacial score (nSPS) is 14.6. The minimum Gasteiger partial charge on any atom is -0.322 e. The highest BCUT2D eigenvalue weighted by atomic mass is 16.2. The van der Waals surface area contributed by atoms with Crippen molar-refractivity contribution in [3.8, 4) is 6.07 Å². The molecule has 0 unspecified atom stereocenters. The van der Waals surface area contributed by atoms with E-state index < -0.39 is 0 Å². The van der Waals surface area contributed by atoms with Gasteiger partial charge in [-0.05, 0) is 18.2 Å². The van der Waals surface area contributed by atoms with Crippen LogP contribution in [0.5, 0.6) is 0 Å². The summed E-state index contributed by atoms with van der Waals surface area (Å²) in [5.41, 5.74) is 1.18. The Morgan fingerprint density at radius 2 is 2.35 bits per heavy atom. The zero-order valence-electron chi connectivity index (χ0n) is 9.60. The molecule has 0 spiro atoms. The zero-order chi connectivity index (χ0) is 12.3. The summed E-state index contributed by atoms with van der Waals surface area (Å²) in [4.78, 5) is 13.5. The maximum absolute atomic E-state index is 11.9. The molecular formula is C12H14N4O. The molecule has 1 aliphatic rings. The number of anilines is 1. The molecule has 0 atom stereocenters. The van der Waals surface area contributed by atoms with Crippen LogP contribution in [-0.4, -0.2) is 37.1 Å². The Balaban J connectivity index is 1.99. The van der Waals surface area contributed by atoms with E-state index in [4.69, 9.17) is 5.26 Å². The second kappa shape index (κ2) is 4.85. The van der Waals surface area contributed by atoms with E-state index in [1.165, 1.54) is 0 Å². The maximum atomic E-state index is 11.9. The number of nitrogens with zero attached hydrogens (tertiary/aromatic N) is 2. The molecule has 0 bridgehead atoms. The van der Waals surface area contributed by atoms with Crippen molar-refractivity contribution in [1.82, 2.24) is 10.2 Å². The van der Waals surface area contributed by atoms with Gasteiger partial charge in [-0.15, -0.1) is 0 Å². The molecule has 0 aliphatic carbocycles. The van der Waals surface area contributed by atoms with Crippen LogP contribution in [0.25, 0.3) is 0 Å². The number of amides is 2. The van der Waals surface area contributed by atoms with Gasteiger partial charge in [0.15, 0.2) is 0 Å². The van der Waals surface area contributed by atoms with E-state index in [0.29, 0.717) is 11.3 Å². The molecule has 5 nitrogen and oxygen atoms in total. The number of rotatable bonds is 2. The first kappa shape index (κ1) is 11.4. The Labute approximate surface area is 100 Å². The van der Waals surface area contributed by atoms with E-state index in [0.717, 1.165) is 13.1 Å². The fourth-order valence-electron chi connectivity index (χ4n) is 1.59. The van der Waals surface area contributed by atoms with Gasteiger partial charge in [-0.25, -0.2) is 4.79 Å². The summed E-state index contributed by atoms with van der Waals surface area (Å²) in [6.07, 6.45) is 0. The van der Waals surface area contributed by atoms with Gasteiger partial charge in [-0.1, -0.05) is 6.07 Å². The number of benzene rings is 1. The van der Waals surface area contributed by atoms with E-state index in [-0.39, 0.29) is 12.1 Å². The number of hydrogen-bond acceptors (Lipinski definition) is 3. The van der Waals surface area contributed by atoms with Crippen molar-refractivity contribution >= 4 is 11.7 Å². The molecule has 2 rings (SSSR count). The third-order valence-electron chi connectivity index (χ3n) is 2.87. The smallest absolute Gasteiger partial charge is 0.321 e. The Kier molecular flexibility index (Phi) is 3.26. The van der Waals surface area contributed by atoms with Gasteiger partial charge in [0.25, 0.3) is 0 Å². The van der Waals surface area contributed by atoms with E-state index in [9.17, 15) is 4.79 Å². The standard InChI is InChI=1S/C12H14N4O/c1-16(11-7-14-8-11)12(17)15-10-4-2-3-9(5-10)6-13/h2-5,11,14H,7-8H2,1H3,(H,15,17). The van der Waals surface area contributed by atoms with E-state index >= 15 is 0 Å². The van der Waals surface area contributed by atoms with Crippen LogP contribution in [0.15, 0.2) is 24.3 Å². The van der Waals surface area contributed by atoms with Crippen LogP contribution in [0.1, 0.15) is 5.56 Å². The van der Waals surface area contributed by atoms with Crippen molar-refractivity contribution in [1.29, 1.82) is 5.26 Å². The summed E-state index contributed by atoms with van der Waals surface area (Å²) in [7, 11) is 1.77. The van der Waals surface area contributed by atoms with Crippen molar-refractivity contribution in [2.75, 3.05) is 25.5 Å². The highest BCUT2D eigenvalue weighted by Crippen LogP contribution is 2.11. The molecule has 1 aliphatic heterocycles. The van der Waals surface area contributed by atoms with Crippen LogP contribution in [0.2, 0.25) is 0 Å². The van der Waals surface area contributed by atoms with Gasteiger partial charge in [0.1, 0.15) is 0 Å². The zero-order valence-corrected chi connectivity index (χ0v) is 9.60. The number of nitriles is 1. The van der Waals surface area contributed by atoms with Crippen molar-refractivity contribution in [3.63, 3.8) is 0 Å². The Bertz CT molecular complexity index is 462. The Hall–Kier alpha value is -2.06. The molecule has 1 saturated heterocycles. The fourth-order valence-corrected chi connectivity index (χ4v) is 1.59. The molecule has 88 valence electrons. The first-order valence-electron chi connectivity index (χ1n) is 5.45. The summed E-state index contributed by atoms with van der Waals surface area (Å²) < 4.78 is 0. The van der Waals surface area contributed by atoms with Gasteiger partial charge in [0.2, 0.25) is 0 Å². The van der Waals surface area contributed by atoms with Crippen molar-refractivity contribution in [3.05, 3.63) is 29.8 Å². The molecule has 0 radical (unpaired) electrons. The van der Waals surface area contributed by atoms with Gasteiger partial charge < -0.3 is 15.5 Å². The molecular weight excluding hydrogens is 216 g/mol. The fraction of sp³-hybridized carbons (Fsp3) is 0.333. The molecule has 1 aromatic rings. The first-order valence-corrected chi connectivity index (χ1v) is 5.45. The average Bonchev–Trinajstić information content (AvgIpc) is 2.27. The van der Waals surface area contributed by atoms with Crippen LogP contribution in [-0.2, 0) is 0 Å². The van der Waals surface area contributed by atoms with Crippen LogP contribution >= 0.6 is 0 Å². The lowest BCUT2D eigenvalue weighted by Gasteiger charge is -2.35. The predicted octanol–water partition coefficient (Wildman–Crippen LogP) is 0.994. The van der Waals surface area contributed by atoms with E-state index in [2.05, 4.69) is 10.6 Å².